The number of rotatable bonds is 6. The van der Waals surface area contributed by atoms with Gasteiger partial charge in [0.2, 0.25) is 0 Å². The number of carbonyl (C=O) groups is 1. The first-order valence-electron chi connectivity index (χ1n) is 7.50. The van der Waals surface area contributed by atoms with E-state index in [0.29, 0.717) is 6.54 Å². The third-order valence-corrected chi connectivity index (χ3v) is 3.42. The number of amides is 1. The van der Waals surface area contributed by atoms with Gasteiger partial charge in [0, 0.05) is 30.8 Å². The van der Waals surface area contributed by atoms with Gasteiger partial charge in [-0.2, -0.15) is 0 Å². The Hall–Kier alpha value is -2.53. The first kappa shape index (κ1) is 16.8. The van der Waals surface area contributed by atoms with Crippen molar-refractivity contribution in [3.05, 3.63) is 59.7 Å². The Labute approximate surface area is 136 Å². The minimum Gasteiger partial charge on any atom is -0.508 e. The monoisotopic (exact) mass is 314 g/mol. The summed E-state index contributed by atoms with van der Waals surface area (Å²) in [6.07, 6.45) is 0. The van der Waals surface area contributed by atoms with Crippen molar-refractivity contribution in [3.63, 3.8) is 0 Å². The predicted octanol–water partition coefficient (Wildman–Crippen LogP) is 2.35. The van der Waals surface area contributed by atoms with Crippen LogP contribution in [0.1, 0.15) is 22.8 Å². The normalized spacial score (nSPS) is 12.1. The van der Waals surface area contributed by atoms with Gasteiger partial charge in [0.25, 0.3) is 5.91 Å². The molecule has 0 heterocycles. The highest BCUT2D eigenvalue weighted by molar-refractivity contribution is 5.95. The molecule has 23 heavy (non-hydrogen) atoms. The zero-order valence-corrected chi connectivity index (χ0v) is 13.4. The van der Waals surface area contributed by atoms with Crippen molar-refractivity contribution >= 4 is 5.91 Å². The number of phenols is 2. The molecule has 2 aromatic rings. The van der Waals surface area contributed by atoms with E-state index < -0.39 is 0 Å². The second-order valence-electron chi connectivity index (χ2n) is 5.79. The number of benzene rings is 2. The highest BCUT2D eigenvalue weighted by Gasteiger charge is 2.13. The van der Waals surface area contributed by atoms with Gasteiger partial charge in [0.05, 0.1) is 0 Å². The van der Waals surface area contributed by atoms with Crippen LogP contribution in [0, 0.1) is 0 Å². The molecule has 0 spiro atoms. The van der Waals surface area contributed by atoms with E-state index in [9.17, 15) is 15.0 Å². The van der Waals surface area contributed by atoms with Crippen LogP contribution in [0.4, 0.5) is 0 Å². The number of hydrogen-bond acceptors (Lipinski definition) is 4. The molecule has 0 aliphatic rings. The van der Waals surface area contributed by atoms with Crippen molar-refractivity contribution in [1.82, 2.24) is 10.2 Å². The van der Waals surface area contributed by atoms with E-state index in [1.165, 1.54) is 23.8 Å². The number of aromatic hydroxyl groups is 2. The quantitative estimate of drug-likeness (QED) is 0.765. The summed E-state index contributed by atoms with van der Waals surface area (Å²) in [6, 6.07) is 13.9. The lowest BCUT2D eigenvalue weighted by Gasteiger charge is -2.22. The van der Waals surface area contributed by atoms with Crippen molar-refractivity contribution in [3.8, 4) is 11.5 Å². The van der Waals surface area contributed by atoms with E-state index in [1.807, 2.05) is 32.2 Å². The van der Waals surface area contributed by atoms with E-state index in [1.54, 1.807) is 0 Å². The number of hydrogen-bond donors (Lipinski definition) is 3. The molecule has 3 N–H and O–H groups in total. The summed E-state index contributed by atoms with van der Waals surface area (Å²) in [6.45, 7) is 3.40. The smallest absolute Gasteiger partial charge is 0.251 e. The molecule has 0 aliphatic heterocycles. The molecule has 2 aromatic carbocycles. The van der Waals surface area contributed by atoms with Crippen LogP contribution in [0.2, 0.25) is 0 Å². The molecule has 0 saturated heterocycles. The zero-order chi connectivity index (χ0) is 16.8. The molecule has 0 radical (unpaired) electrons. The van der Waals surface area contributed by atoms with Gasteiger partial charge in [-0.25, -0.2) is 0 Å². The maximum absolute atomic E-state index is 12.1. The minimum atomic E-state index is -0.322. The molecule has 122 valence electrons. The second-order valence-corrected chi connectivity index (χ2v) is 5.79. The Balaban J connectivity index is 1.88. The molecule has 5 heteroatoms. The van der Waals surface area contributed by atoms with Gasteiger partial charge in [-0.05, 0) is 31.7 Å². The number of phenolic OH excluding ortho intramolecular Hbond substituents is 2. The summed E-state index contributed by atoms with van der Waals surface area (Å²) in [5.41, 5.74) is 1.45. The summed E-state index contributed by atoms with van der Waals surface area (Å²) in [5, 5.41) is 21.7. The molecule has 0 aromatic heterocycles. The summed E-state index contributed by atoms with van der Waals surface area (Å²) >= 11 is 0. The third-order valence-electron chi connectivity index (χ3n) is 3.42. The number of carbonyl (C=O) groups excluding carboxylic acids is 1. The van der Waals surface area contributed by atoms with Crippen molar-refractivity contribution in [2.75, 3.05) is 13.6 Å². The average Bonchev–Trinajstić information content (AvgIpc) is 2.46. The number of nitrogens with zero attached hydrogens (tertiary/aromatic N) is 1. The highest BCUT2D eigenvalue weighted by Crippen LogP contribution is 2.20. The Morgan fingerprint density at radius 2 is 1.74 bits per heavy atom. The lowest BCUT2D eigenvalue weighted by Crippen LogP contribution is -2.40. The van der Waals surface area contributed by atoms with Gasteiger partial charge in [-0.1, -0.05) is 30.3 Å². The van der Waals surface area contributed by atoms with E-state index in [-0.39, 0.29) is 29.0 Å². The highest BCUT2D eigenvalue weighted by atomic mass is 16.3. The van der Waals surface area contributed by atoms with E-state index >= 15 is 0 Å². The second kappa shape index (κ2) is 7.65. The molecule has 0 aliphatic carbocycles. The Bertz CT molecular complexity index is 638. The molecule has 0 bridgehead atoms. The fourth-order valence-electron chi connectivity index (χ4n) is 2.51. The van der Waals surface area contributed by atoms with Gasteiger partial charge < -0.3 is 20.4 Å². The Morgan fingerprint density at radius 1 is 1.13 bits per heavy atom. The molecule has 5 nitrogen and oxygen atoms in total. The van der Waals surface area contributed by atoms with Crippen LogP contribution in [0.5, 0.6) is 11.5 Å². The van der Waals surface area contributed by atoms with Crippen LogP contribution < -0.4 is 5.32 Å². The number of nitrogens with one attached hydrogen (secondary N) is 1. The fraction of sp³-hybridized carbons (Fsp3) is 0.278. The van der Waals surface area contributed by atoms with Crippen molar-refractivity contribution in [2.24, 2.45) is 0 Å². The van der Waals surface area contributed by atoms with Gasteiger partial charge in [0.1, 0.15) is 11.5 Å². The van der Waals surface area contributed by atoms with Crippen molar-refractivity contribution in [2.45, 2.75) is 19.5 Å². The summed E-state index contributed by atoms with van der Waals surface area (Å²) in [7, 11) is 2.00. The summed E-state index contributed by atoms with van der Waals surface area (Å²) in [4.78, 5) is 14.3. The number of likely N-dealkylation sites (N-methyl/N-ethyl adjacent to an activating group) is 1. The maximum Gasteiger partial charge on any atom is 0.251 e. The first-order chi connectivity index (χ1) is 10.9. The molecule has 1 amide bonds. The molecule has 0 saturated carbocycles. The molecule has 1 atom stereocenters. The van der Waals surface area contributed by atoms with Crippen LogP contribution >= 0.6 is 0 Å². The average molecular weight is 314 g/mol. The van der Waals surface area contributed by atoms with Gasteiger partial charge in [0.15, 0.2) is 0 Å². The van der Waals surface area contributed by atoms with Crippen LogP contribution in [0.3, 0.4) is 0 Å². The van der Waals surface area contributed by atoms with Crippen molar-refractivity contribution in [1.29, 1.82) is 0 Å². The van der Waals surface area contributed by atoms with E-state index in [4.69, 9.17) is 0 Å². The van der Waals surface area contributed by atoms with E-state index in [2.05, 4.69) is 22.3 Å². The van der Waals surface area contributed by atoms with Crippen LogP contribution in [-0.2, 0) is 6.54 Å². The van der Waals surface area contributed by atoms with Gasteiger partial charge in [-0.15, -0.1) is 0 Å². The van der Waals surface area contributed by atoms with Crippen molar-refractivity contribution < 1.29 is 15.0 Å². The van der Waals surface area contributed by atoms with Crippen LogP contribution in [-0.4, -0.2) is 40.7 Å². The first-order valence-corrected chi connectivity index (χ1v) is 7.50. The molecule has 0 fully saturated rings. The SMILES string of the molecule is CC(CN(C)Cc1ccccc1)NC(=O)c1cc(O)cc(O)c1. The minimum absolute atomic E-state index is 0.0688. The molecular weight excluding hydrogens is 292 g/mol. The molecule has 1 unspecified atom stereocenters. The van der Waals surface area contributed by atoms with Crippen LogP contribution in [0.25, 0.3) is 0 Å². The summed E-state index contributed by atoms with van der Waals surface area (Å²) < 4.78 is 0. The lowest BCUT2D eigenvalue weighted by molar-refractivity contribution is 0.0930. The molecular formula is C18H22N2O3. The fourth-order valence-corrected chi connectivity index (χ4v) is 2.51. The predicted molar refractivity (Wildman–Crippen MR) is 89.5 cm³/mol. The van der Waals surface area contributed by atoms with E-state index in [0.717, 1.165) is 6.54 Å². The maximum atomic E-state index is 12.1. The largest absolute Gasteiger partial charge is 0.508 e. The van der Waals surface area contributed by atoms with Gasteiger partial charge in [-0.3, -0.25) is 4.79 Å². The third kappa shape index (κ3) is 5.30. The Kier molecular flexibility index (Phi) is 5.60. The Morgan fingerprint density at radius 3 is 2.35 bits per heavy atom. The topological polar surface area (TPSA) is 72.8 Å². The molecule has 2 rings (SSSR count). The summed E-state index contributed by atoms with van der Waals surface area (Å²) in [5.74, 6) is -0.593. The van der Waals surface area contributed by atoms with Gasteiger partial charge >= 0.3 is 0 Å². The lowest BCUT2D eigenvalue weighted by atomic mass is 10.1. The zero-order valence-electron chi connectivity index (χ0n) is 13.4. The van der Waals surface area contributed by atoms with Crippen LogP contribution in [0.15, 0.2) is 48.5 Å². The standard InChI is InChI=1S/C18H22N2O3/c1-13(11-20(2)12-14-6-4-3-5-7-14)19-18(23)15-8-16(21)10-17(22)9-15/h3-10,13,21-22H,11-12H2,1-2H3,(H,19,23).